The van der Waals surface area contributed by atoms with Gasteiger partial charge < -0.3 is 0 Å². The maximum Gasteiger partial charge on any atom is 0.235 e. The van der Waals surface area contributed by atoms with Gasteiger partial charge in [0.05, 0.1) is 32.6 Å². The lowest BCUT2D eigenvalue weighted by Gasteiger charge is -2.12. The second-order valence-corrected chi connectivity index (χ2v) is 12.4. The quantitative estimate of drug-likeness (QED) is 0.196. The predicted molar refractivity (Wildman–Crippen MR) is 191 cm³/mol. The molecule has 216 valence electrons. The molecule has 0 saturated carbocycles. The maximum atomic E-state index is 5.22. The Kier molecular flexibility index (Phi) is 6.28. The van der Waals surface area contributed by atoms with Crippen molar-refractivity contribution in [1.82, 2.24) is 19.5 Å². The zero-order chi connectivity index (χ0) is 30.5. The van der Waals surface area contributed by atoms with Crippen molar-refractivity contribution in [2.75, 3.05) is 0 Å². The van der Waals surface area contributed by atoms with Crippen LogP contribution in [0.5, 0.6) is 0 Å². The molecule has 0 aliphatic heterocycles. The fraction of sp³-hybridized carbons (Fsp3) is 0. The van der Waals surface area contributed by atoms with Crippen molar-refractivity contribution >= 4 is 43.4 Å². The summed E-state index contributed by atoms with van der Waals surface area (Å²) in [5, 5.41) is 3.32. The van der Waals surface area contributed by atoms with Gasteiger partial charge in [-0.15, -0.1) is 11.3 Å². The van der Waals surface area contributed by atoms with Crippen LogP contribution < -0.4 is 0 Å². The molecular weight excluding hydrogens is 581 g/mol. The van der Waals surface area contributed by atoms with Crippen LogP contribution in [0.25, 0.3) is 82.2 Å². The summed E-state index contributed by atoms with van der Waals surface area (Å²) in [5.41, 5.74) is 10.4. The van der Waals surface area contributed by atoms with Crippen LogP contribution in [0.2, 0.25) is 0 Å². The van der Waals surface area contributed by atoms with Gasteiger partial charge in [-0.25, -0.2) is 15.0 Å². The van der Waals surface area contributed by atoms with Crippen molar-refractivity contribution in [3.63, 3.8) is 0 Å². The van der Waals surface area contributed by atoms with E-state index in [0.717, 1.165) is 65.1 Å². The zero-order valence-electron chi connectivity index (χ0n) is 24.7. The first-order valence-electron chi connectivity index (χ1n) is 15.3. The minimum Gasteiger partial charge on any atom is -0.278 e. The number of hydrogen-bond acceptors (Lipinski definition) is 4. The lowest BCUT2D eigenvalue weighted by atomic mass is 10.0. The van der Waals surface area contributed by atoms with Crippen molar-refractivity contribution in [1.29, 1.82) is 0 Å². The van der Waals surface area contributed by atoms with E-state index in [1.165, 1.54) is 11.1 Å². The first-order chi connectivity index (χ1) is 22.8. The molecule has 9 rings (SSSR count). The summed E-state index contributed by atoms with van der Waals surface area (Å²) in [6.07, 6.45) is 0. The summed E-state index contributed by atoms with van der Waals surface area (Å²) >= 11 is 1.73. The fourth-order valence-corrected chi connectivity index (χ4v) is 7.21. The van der Waals surface area contributed by atoms with Crippen LogP contribution in [0.4, 0.5) is 0 Å². The van der Waals surface area contributed by atoms with Gasteiger partial charge in [0.2, 0.25) is 5.95 Å². The topological polar surface area (TPSA) is 43.6 Å². The highest BCUT2D eigenvalue weighted by atomic mass is 32.1. The smallest absolute Gasteiger partial charge is 0.235 e. The summed E-state index contributed by atoms with van der Waals surface area (Å²) in [4.78, 5) is 15.5. The molecule has 0 spiro atoms. The van der Waals surface area contributed by atoms with E-state index in [9.17, 15) is 0 Å². The monoisotopic (exact) mass is 606 g/mol. The minimum atomic E-state index is 0.630. The second kappa shape index (κ2) is 10.9. The van der Waals surface area contributed by atoms with Crippen LogP contribution in [-0.2, 0) is 0 Å². The van der Waals surface area contributed by atoms with Crippen molar-refractivity contribution < 1.29 is 0 Å². The molecule has 0 aliphatic rings. The summed E-state index contributed by atoms with van der Waals surface area (Å²) in [7, 11) is 0. The Morgan fingerprint density at radius 2 is 0.957 bits per heavy atom. The van der Waals surface area contributed by atoms with E-state index < -0.39 is 0 Å². The van der Waals surface area contributed by atoms with Crippen LogP contribution in [0, 0.1) is 0 Å². The summed E-state index contributed by atoms with van der Waals surface area (Å²) in [6, 6.07) is 54.9. The molecule has 3 heterocycles. The molecule has 0 N–H and O–H groups in total. The molecule has 0 bridgehead atoms. The van der Waals surface area contributed by atoms with Crippen molar-refractivity contribution in [3.05, 3.63) is 158 Å². The van der Waals surface area contributed by atoms with Gasteiger partial charge in [0, 0.05) is 27.5 Å². The maximum absolute atomic E-state index is 5.22. The molecule has 0 unspecified atom stereocenters. The third kappa shape index (κ3) is 4.57. The van der Waals surface area contributed by atoms with Crippen LogP contribution in [0.3, 0.4) is 0 Å². The molecule has 9 aromatic rings. The zero-order valence-corrected chi connectivity index (χ0v) is 25.5. The van der Waals surface area contributed by atoms with Gasteiger partial charge in [0.25, 0.3) is 0 Å². The van der Waals surface area contributed by atoms with Crippen molar-refractivity contribution in [2.45, 2.75) is 0 Å². The molecular formula is C41H26N4S. The van der Waals surface area contributed by atoms with Crippen molar-refractivity contribution in [2.24, 2.45) is 0 Å². The van der Waals surface area contributed by atoms with E-state index in [2.05, 4.69) is 120 Å². The van der Waals surface area contributed by atoms with Gasteiger partial charge in [-0.3, -0.25) is 4.57 Å². The van der Waals surface area contributed by atoms with Gasteiger partial charge in [0.15, 0.2) is 0 Å². The lowest BCUT2D eigenvalue weighted by Crippen LogP contribution is -2.04. The fourth-order valence-electron chi connectivity index (χ4n) is 6.22. The molecule has 4 nitrogen and oxygen atoms in total. The SMILES string of the molecule is c1ccc(-c2ccc3c(c2)c2cc4sc(-c5ccccc5)nc4cc2n3-c2nc(-c3ccccc3)cc(-c3ccccc3)n2)cc1. The molecule has 0 atom stereocenters. The molecule has 0 radical (unpaired) electrons. The third-order valence-corrected chi connectivity index (χ3v) is 9.52. The standard InChI is InChI=1S/C41H26N4S/c1-5-13-27(14-6-1)31-21-22-37-32(23-31)33-24-39-36(42-40(46-39)30-19-11-4-12-20-30)26-38(33)45(37)41-43-34(28-15-7-2-8-16-28)25-35(44-41)29-17-9-3-10-18-29/h1-26H. The van der Waals surface area contributed by atoms with E-state index in [-0.39, 0.29) is 0 Å². The largest absolute Gasteiger partial charge is 0.278 e. The van der Waals surface area contributed by atoms with E-state index in [0.29, 0.717) is 5.95 Å². The average Bonchev–Trinajstić information content (AvgIpc) is 3.70. The second-order valence-electron chi connectivity index (χ2n) is 11.3. The Morgan fingerprint density at radius 1 is 0.413 bits per heavy atom. The van der Waals surface area contributed by atoms with Gasteiger partial charge >= 0.3 is 0 Å². The molecule has 5 heteroatoms. The first-order valence-corrected chi connectivity index (χ1v) is 16.1. The molecule has 0 amide bonds. The Bertz CT molecular complexity index is 2440. The highest BCUT2D eigenvalue weighted by molar-refractivity contribution is 7.21. The van der Waals surface area contributed by atoms with Gasteiger partial charge in [-0.1, -0.05) is 127 Å². The summed E-state index contributed by atoms with van der Waals surface area (Å²) in [6.45, 7) is 0. The summed E-state index contributed by atoms with van der Waals surface area (Å²) < 4.78 is 3.36. The first kappa shape index (κ1) is 26.5. The highest BCUT2D eigenvalue weighted by Crippen LogP contribution is 2.40. The summed E-state index contributed by atoms with van der Waals surface area (Å²) in [5.74, 6) is 0.630. The van der Waals surface area contributed by atoms with E-state index in [4.69, 9.17) is 15.0 Å². The number of thiazole rings is 1. The highest BCUT2D eigenvalue weighted by Gasteiger charge is 2.20. The number of aromatic nitrogens is 4. The number of benzene rings is 6. The predicted octanol–water partition coefficient (Wildman–Crippen LogP) is 10.9. The molecule has 0 saturated heterocycles. The van der Waals surface area contributed by atoms with Gasteiger partial charge in [-0.2, -0.15) is 0 Å². The molecule has 0 fully saturated rings. The Labute approximate surface area is 269 Å². The lowest BCUT2D eigenvalue weighted by molar-refractivity contribution is 0.996. The number of fused-ring (bicyclic) bond motifs is 4. The van der Waals surface area contributed by atoms with E-state index in [1.54, 1.807) is 11.3 Å². The van der Waals surface area contributed by atoms with Crippen LogP contribution in [0.1, 0.15) is 0 Å². The molecule has 6 aromatic carbocycles. The number of hydrogen-bond donors (Lipinski definition) is 0. The van der Waals surface area contributed by atoms with E-state index in [1.807, 2.05) is 42.5 Å². The Morgan fingerprint density at radius 3 is 1.57 bits per heavy atom. The van der Waals surface area contributed by atoms with Crippen LogP contribution in [0.15, 0.2) is 158 Å². The molecule has 3 aromatic heterocycles. The Hall–Kier alpha value is -5.91. The number of nitrogens with zero attached hydrogens (tertiary/aromatic N) is 4. The minimum absolute atomic E-state index is 0.630. The van der Waals surface area contributed by atoms with Crippen LogP contribution >= 0.6 is 11.3 Å². The molecule has 0 aliphatic carbocycles. The molecule has 46 heavy (non-hydrogen) atoms. The van der Waals surface area contributed by atoms with Gasteiger partial charge in [-0.05, 0) is 41.5 Å². The van der Waals surface area contributed by atoms with Crippen molar-refractivity contribution in [3.8, 4) is 50.2 Å². The number of rotatable bonds is 5. The van der Waals surface area contributed by atoms with Gasteiger partial charge in [0.1, 0.15) is 5.01 Å². The van der Waals surface area contributed by atoms with Crippen LogP contribution in [-0.4, -0.2) is 19.5 Å². The average molecular weight is 607 g/mol. The third-order valence-electron chi connectivity index (χ3n) is 8.46. The normalized spacial score (nSPS) is 11.5. The van der Waals surface area contributed by atoms with E-state index >= 15 is 0 Å². The Balaban J connectivity index is 1.35.